The number of nitrogens with zero attached hydrogens (tertiary/aromatic N) is 7. The summed E-state index contributed by atoms with van der Waals surface area (Å²) in [5, 5.41) is 17.8. The second-order valence-corrected chi connectivity index (χ2v) is 8.18. The van der Waals surface area contributed by atoms with Gasteiger partial charge in [0.25, 0.3) is 5.56 Å². The molecule has 30 heavy (non-hydrogen) atoms. The third-order valence-corrected chi connectivity index (χ3v) is 6.21. The van der Waals surface area contributed by atoms with Gasteiger partial charge in [-0.1, -0.05) is 17.3 Å². The van der Waals surface area contributed by atoms with Gasteiger partial charge in [0.05, 0.1) is 16.7 Å². The number of hydrogen-bond acceptors (Lipinski definition) is 6. The van der Waals surface area contributed by atoms with Crippen LogP contribution in [0.1, 0.15) is 44.2 Å². The minimum atomic E-state index is -0.729. The van der Waals surface area contributed by atoms with Crippen LogP contribution in [-0.2, 0) is 10.5 Å². The van der Waals surface area contributed by atoms with Crippen molar-refractivity contribution in [1.29, 1.82) is 5.26 Å². The number of para-hydroxylation sites is 2. The maximum Gasteiger partial charge on any atom is 0.280 e. The molecule has 1 atom stereocenters. The van der Waals surface area contributed by atoms with Crippen molar-refractivity contribution >= 4 is 16.6 Å². The van der Waals surface area contributed by atoms with Crippen LogP contribution >= 0.6 is 0 Å². The number of imidazole rings is 1. The smallest absolute Gasteiger partial charge is 0.280 e. The Hall–Kier alpha value is -3.51. The minimum Gasteiger partial charge on any atom is -0.355 e. The molecule has 150 valence electrons. The van der Waals surface area contributed by atoms with E-state index in [1.807, 2.05) is 37.4 Å². The molecule has 1 aliphatic carbocycles. The van der Waals surface area contributed by atoms with Gasteiger partial charge in [0.2, 0.25) is 6.19 Å². The summed E-state index contributed by atoms with van der Waals surface area (Å²) in [4.78, 5) is 18.5. The molecule has 1 saturated carbocycles. The molecule has 0 amide bonds. The third kappa shape index (κ3) is 2.25. The molecule has 3 aromatic heterocycles. The number of rotatable bonds is 3. The molecular formula is C21H19N7O2. The van der Waals surface area contributed by atoms with E-state index in [2.05, 4.69) is 15.3 Å². The predicted octanol–water partition coefficient (Wildman–Crippen LogP) is 2.60. The van der Waals surface area contributed by atoms with Crippen molar-refractivity contribution in [2.24, 2.45) is 0 Å². The fourth-order valence-corrected chi connectivity index (χ4v) is 4.61. The van der Waals surface area contributed by atoms with Crippen molar-refractivity contribution < 1.29 is 4.74 Å². The molecule has 1 aliphatic heterocycles. The normalized spacial score (nSPS) is 21.5. The number of fused-ring (bicyclic) bond motifs is 3. The van der Waals surface area contributed by atoms with Crippen LogP contribution in [0.3, 0.4) is 0 Å². The van der Waals surface area contributed by atoms with Gasteiger partial charge in [0.1, 0.15) is 29.0 Å². The average molecular weight is 401 g/mol. The van der Waals surface area contributed by atoms with E-state index in [-0.39, 0.29) is 11.5 Å². The van der Waals surface area contributed by atoms with Gasteiger partial charge in [-0.3, -0.25) is 13.8 Å². The van der Waals surface area contributed by atoms with Gasteiger partial charge >= 0.3 is 0 Å². The Kier molecular flexibility index (Phi) is 3.47. The lowest BCUT2D eigenvalue weighted by molar-refractivity contribution is -0.0447. The van der Waals surface area contributed by atoms with Gasteiger partial charge < -0.3 is 4.74 Å². The Morgan fingerprint density at radius 3 is 2.77 bits per heavy atom. The fraction of sp³-hybridized carbons (Fsp3) is 0.381. The maximum absolute atomic E-state index is 13.9. The van der Waals surface area contributed by atoms with E-state index in [9.17, 15) is 10.1 Å². The predicted molar refractivity (Wildman–Crippen MR) is 108 cm³/mol. The summed E-state index contributed by atoms with van der Waals surface area (Å²) < 4.78 is 10.8. The molecular weight excluding hydrogens is 382 g/mol. The molecule has 0 bridgehead atoms. The van der Waals surface area contributed by atoms with E-state index >= 15 is 0 Å². The van der Waals surface area contributed by atoms with E-state index < -0.39 is 5.72 Å². The SMILES string of the molecule is CC1(n2c(=O)c3c(-c4c(C5CC5)nnn4C#N)ncn3c3ccccc32)CCCO1. The van der Waals surface area contributed by atoms with Crippen LogP contribution in [-0.4, -0.2) is 35.6 Å². The molecule has 2 fully saturated rings. The summed E-state index contributed by atoms with van der Waals surface area (Å²) in [6, 6.07) is 7.74. The largest absolute Gasteiger partial charge is 0.355 e. The van der Waals surface area contributed by atoms with Crippen LogP contribution in [0.5, 0.6) is 0 Å². The van der Waals surface area contributed by atoms with Gasteiger partial charge in [-0.05, 0) is 44.7 Å². The van der Waals surface area contributed by atoms with Crippen LogP contribution in [0, 0.1) is 11.5 Å². The number of ether oxygens (including phenoxy) is 1. The standard InChI is InChI=1S/C21H19N7O2/c1-21(9-4-10-30-21)28-15-6-3-2-5-14(15)26-12-23-17(19(26)20(28)29)18-16(13-7-8-13)24-25-27(18)11-22/h2-3,5-6,12-13H,4,7-10H2,1H3. The van der Waals surface area contributed by atoms with Crippen molar-refractivity contribution in [3.05, 3.63) is 46.6 Å². The zero-order valence-electron chi connectivity index (χ0n) is 16.4. The first-order valence-electron chi connectivity index (χ1n) is 10.1. The Bertz CT molecular complexity index is 1410. The molecule has 1 aromatic carbocycles. The summed E-state index contributed by atoms with van der Waals surface area (Å²) in [5.41, 5.74) is 2.81. The molecule has 6 rings (SSSR count). The minimum absolute atomic E-state index is 0.196. The summed E-state index contributed by atoms with van der Waals surface area (Å²) in [5.74, 6) is 0.261. The highest BCUT2D eigenvalue weighted by molar-refractivity contribution is 5.85. The molecule has 0 N–H and O–H groups in total. The number of nitriles is 1. The lowest BCUT2D eigenvalue weighted by Gasteiger charge is -2.28. The zero-order chi connectivity index (χ0) is 20.5. The lowest BCUT2D eigenvalue weighted by atomic mass is 10.1. The highest BCUT2D eigenvalue weighted by atomic mass is 16.5. The Labute approximate surface area is 171 Å². The quantitative estimate of drug-likeness (QED) is 0.523. The zero-order valence-corrected chi connectivity index (χ0v) is 16.4. The molecule has 4 aromatic rings. The van der Waals surface area contributed by atoms with E-state index in [1.165, 1.54) is 4.68 Å². The fourth-order valence-electron chi connectivity index (χ4n) is 4.61. The second kappa shape index (κ2) is 6.00. The second-order valence-electron chi connectivity index (χ2n) is 8.18. The van der Waals surface area contributed by atoms with Crippen LogP contribution in [0.4, 0.5) is 0 Å². The van der Waals surface area contributed by atoms with E-state index in [4.69, 9.17) is 4.74 Å². The monoisotopic (exact) mass is 401 g/mol. The van der Waals surface area contributed by atoms with Gasteiger partial charge in [0, 0.05) is 12.5 Å². The van der Waals surface area contributed by atoms with Crippen molar-refractivity contribution in [3.63, 3.8) is 0 Å². The number of hydrogen-bond donors (Lipinski definition) is 0. The van der Waals surface area contributed by atoms with Crippen LogP contribution < -0.4 is 5.56 Å². The highest BCUT2D eigenvalue weighted by Crippen LogP contribution is 2.43. The summed E-state index contributed by atoms with van der Waals surface area (Å²) in [6.07, 6.45) is 7.34. The molecule has 1 saturated heterocycles. The van der Waals surface area contributed by atoms with Crippen LogP contribution in [0.15, 0.2) is 35.4 Å². The molecule has 1 unspecified atom stereocenters. The highest BCUT2D eigenvalue weighted by Gasteiger charge is 2.37. The number of aromatic nitrogens is 6. The first-order chi connectivity index (χ1) is 14.6. The van der Waals surface area contributed by atoms with Gasteiger partial charge in [-0.2, -0.15) is 5.26 Å². The third-order valence-electron chi connectivity index (χ3n) is 6.21. The summed E-state index contributed by atoms with van der Waals surface area (Å²) in [7, 11) is 0. The molecule has 9 heteroatoms. The lowest BCUT2D eigenvalue weighted by Crippen LogP contribution is -2.39. The molecule has 4 heterocycles. The Morgan fingerprint density at radius 2 is 2.07 bits per heavy atom. The van der Waals surface area contributed by atoms with Crippen LogP contribution in [0.25, 0.3) is 27.9 Å². The molecule has 2 aliphatic rings. The first kappa shape index (κ1) is 17.4. The van der Waals surface area contributed by atoms with Gasteiger partial charge in [-0.15, -0.1) is 9.78 Å². The van der Waals surface area contributed by atoms with Crippen molar-refractivity contribution in [3.8, 4) is 17.6 Å². The van der Waals surface area contributed by atoms with Crippen molar-refractivity contribution in [1.82, 2.24) is 28.9 Å². The van der Waals surface area contributed by atoms with E-state index in [0.717, 1.165) is 42.4 Å². The van der Waals surface area contributed by atoms with Crippen LogP contribution in [0.2, 0.25) is 0 Å². The maximum atomic E-state index is 13.9. The summed E-state index contributed by atoms with van der Waals surface area (Å²) >= 11 is 0. The van der Waals surface area contributed by atoms with Crippen molar-refractivity contribution in [2.45, 2.75) is 44.2 Å². The average Bonchev–Trinajstić information content (AvgIpc) is 3.15. The van der Waals surface area contributed by atoms with E-state index in [0.29, 0.717) is 23.5 Å². The molecule has 0 spiro atoms. The molecule has 0 radical (unpaired) electrons. The van der Waals surface area contributed by atoms with E-state index in [1.54, 1.807) is 15.3 Å². The topological polar surface area (TPSA) is 103 Å². The Balaban J connectivity index is 1.75. The Morgan fingerprint density at radius 1 is 1.27 bits per heavy atom. The molecule has 9 nitrogen and oxygen atoms in total. The van der Waals surface area contributed by atoms with Crippen molar-refractivity contribution in [2.75, 3.05) is 6.61 Å². The summed E-state index contributed by atoms with van der Waals surface area (Å²) in [6.45, 7) is 2.57. The van der Waals surface area contributed by atoms with Gasteiger partial charge in [0.15, 0.2) is 0 Å². The van der Waals surface area contributed by atoms with Gasteiger partial charge in [-0.25, -0.2) is 4.98 Å². The number of benzene rings is 1. The first-order valence-corrected chi connectivity index (χ1v) is 10.1.